The summed E-state index contributed by atoms with van der Waals surface area (Å²) in [5.74, 6) is -6.30. The molecule has 0 heterocycles. The number of halogens is 1. The van der Waals surface area contributed by atoms with Crippen LogP contribution in [0.4, 0.5) is 10.5 Å². The maximum absolute atomic E-state index is 13.6. The molecule has 0 bridgehead atoms. The van der Waals surface area contributed by atoms with Gasteiger partial charge in [0.25, 0.3) is 5.91 Å². The minimum absolute atomic E-state index is 0.00972. The third kappa shape index (κ3) is 4.60. The predicted octanol–water partition coefficient (Wildman–Crippen LogP) is 2.84. The number of nitrogens with two attached hydrogens (primary N) is 1. The molecule has 3 amide bonds. The zero-order valence-electron chi connectivity index (χ0n) is 21.7. The summed E-state index contributed by atoms with van der Waals surface area (Å²) in [5.41, 5.74) is 4.05. The molecule has 0 unspecified atom stereocenters. The van der Waals surface area contributed by atoms with Crippen LogP contribution in [0.15, 0.2) is 53.3 Å². The summed E-state index contributed by atoms with van der Waals surface area (Å²) in [6.07, 6.45) is 0.474. The number of amides is 3. The number of aliphatic hydroxyl groups excluding tert-OH is 2. The Balaban J connectivity index is 1.52. The number of fused-ring (bicyclic) bond motifs is 3. The molecule has 2 aromatic carbocycles. The largest absolute Gasteiger partial charge is 0.508 e. The summed E-state index contributed by atoms with van der Waals surface area (Å²) in [7, 11) is 0. The molecule has 0 aromatic heterocycles. The molecule has 214 valence electrons. The molecule has 3 aliphatic rings. The Morgan fingerprint density at radius 3 is 2.41 bits per heavy atom. The lowest BCUT2D eigenvalue weighted by Crippen LogP contribution is -2.58. The number of urea groups is 1. The van der Waals surface area contributed by atoms with Crippen LogP contribution in [0.2, 0.25) is 0 Å². The van der Waals surface area contributed by atoms with Gasteiger partial charge in [0.05, 0.1) is 5.56 Å². The number of hydrogen-bond donors (Lipinski definition) is 7. The van der Waals surface area contributed by atoms with Crippen LogP contribution in [-0.4, -0.2) is 62.0 Å². The number of carbonyl (C=O) groups is 4. The minimum atomic E-state index is -2.61. The third-order valence-corrected chi connectivity index (χ3v) is 8.26. The summed E-state index contributed by atoms with van der Waals surface area (Å²) in [6.45, 7) is 0.435. The Bertz CT molecular complexity index is 1550. The molecule has 0 saturated heterocycles. The molecular formula is C29H28ClN3O8. The smallest absolute Gasteiger partial charge is 0.319 e. The number of anilines is 1. The number of ketones is 2. The fourth-order valence-corrected chi connectivity index (χ4v) is 6.20. The van der Waals surface area contributed by atoms with Crippen molar-refractivity contribution in [1.29, 1.82) is 0 Å². The quantitative estimate of drug-likeness (QED) is 0.153. The van der Waals surface area contributed by atoms with Crippen molar-refractivity contribution in [2.24, 2.45) is 17.6 Å². The van der Waals surface area contributed by atoms with E-state index in [4.69, 9.17) is 17.3 Å². The van der Waals surface area contributed by atoms with Gasteiger partial charge in [-0.15, -0.1) is 11.6 Å². The molecule has 0 aliphatic heterocycles. The van der Waals surface area contributed by atoms with Gasteiger partial charge in [-0.25, -0.2) is 4.79 Å². The molecule has 3 aliphatic carbocycles. The number of alkyl halides is 1. The number of hydrogen-bond acceptors (Lipinski definition) is 8. The van der Waals surface area contributed by atoms with Crippen LogP contribution in [0, 0.1) is 11.8 Å². The second kappa shape index (κ2) is 10.6. The van der Waals surface area contributed by atoms with Gasteiger partial charge in [-0.1, -0.05) is 18.2 Å². The van der Waals surface area contributed by atoms with Gasteiger partial charge in [0.2, 0.25) is 5.78 Å². The van der Waals surface area contributed by atoms with Crippen molar-refractivity contribution >= 4 is 46.6 Å². The number of benzene rings is 2. The molecular weight excluding hydrogens is 554 g/mol. The lowest BCUT2D eigenvalue weighted by Gasteiger charge is -2.46. The van der Waals surface area contributed by atoms with Crippen molar-refractivity contribution in [3.05, 3.63) is 64.4 Å². The first-order chi connectivity index (χ1) is 19.5. The summed E-state index contributed by atoms with van der Waals surface area (Å²) < 4.78 is 0. The van der Waals surface area contributed by atoms with E-state index < -0.39 is 52.0 Å². The zero-order valence-corrected chi connectivity index (χ0v) is 22.5. The van der Waals surface area contributed by atoms with Crippen molar-refractivity contribution in [1.82, 2.24) is 5.32 Å². The fourth-order valence-electron chi connectivity index (χ4n) is 6.07. The molecule has 3 atom stereocenters. The summed E-state index contributed by atoms with van der Waals surface area (Å²) >= 11 is 5.62. The Morgan fingerprint density at radius 1 is 1.05 bits per heavy atom. The number of aromatic hydroxyl groups is 1. The van der Waals surface area contributed by atoms with E-state index in [1.807, 2.05) is 0 Å². The number of primary amides is 1. The highest BCUT2D eigenvalue weighted by atomic mass is 35.5. The van der Waals surface area contributed by atoms with Crippen LogP contribution < -0.4 is 16.4 Å². The Kier molecular flexibility index (Phi) is 7.26. The van der Waals surface area contributed by atoms with Crippen molar-refractivity contribution in [2.45, 2.75) is 31.3 Å². The summed E-state index contributed by atoms with van der Waals surface area (Å²) in [5, 5.41) is 49.5. The third-order valence-electron chi connectivity index (χ3n) is 8.00. The summed E-state index contributed by atoms with van der Waals surface area (Å²) in [4.78, 5) is 50.0. The first-order valence-corrected chi connectivity index (χ1v) is 13.6. The average molecular weight is 582 g/mol. The highest BCUT2D eigenvalue weighted by Gasteiger charge is 2.60. The van der Waals surface area contributed by atoms with Gasteiger partial charge in [0, 0.05) is 36.0 Å². The second-order valence-corrected chi connectivity index (χ2v) is 10.8. The summed E-state index contributed by atoms with van der Waals surface area (Å²) in [6, 6.07) is 9.58. The molecule has 2 aromatic rings. The van der Waals surface area contributed by atoms with Crippen LogP contribution in [0.25, 0.3) is 16.9 Å². The van der Waals surface area contributed by atoms with Gasteiger partial charge < -0.3 is 36.8 Å². The monoisotopic (exact) mass is 581 g/mol. The Labute approximate surface area is 239 Å². The molecule has 1 saturated carbocycles. The molecule has 1 fully saturated rings. The SMILES string of the molecule is NC(=O)C1=C(O)[C@@]2(O)C(=O)C3=C(O)c4c(O)ccc(-c5ccc(NC(=O)NCCCCl)cc5)c4C[C@H]3C[C@H]2CC1=O. The van der Waals surface area contributed by atoms with Gasteiger partial charge in [-0.2, -0.15) is 0 Å². The standard InChI is InChI=1S/C29H28ClN3O8/c30-8-1-9-32-28(40)33-16-4-2-13(3-5-16)17-6-7-19(34)22-18(17)11-14-10-15-12-20(35)23(27(31)39)26(38)29(15,41)25(37)21(14)24(22)36/h2-7,14-15,34,36,38,41H,1,8-12H2,(H2,31,39)(H2,32,33,40)/t14-,15+,29+/m1/s1. The Morgan fingerprint density at radius 2 is 1.76 bits per heavy atom. The highest BCUT2D eigenvalue weighted by molar-refractivity contribution is 6.22. The number of Topliss-reactive ketones (excluding diaryl/α,β-unsaturated/α-hetero) is 2. The van der Waals surface area contributed by atoms with E-state index in [1.54, 1.807) is 30.3 Å². The van der Waals surface area contributed by atoms with Crippen LogP contribution in [0.1, 0.15) is 30.4 Å². The number of phenolic OH excluding ortho intramolecular Hbond substituents is 1. The van der Waals surface area contributed by atoms with Crippen LogP contribution in [0.5, 0.6) is 5.75 Å². The van der Waals surface area contributed by atoms with Gasteiger partial charge in [-0.3, -0.25) is 14.4 Å². The van der Waals surface area contributed by atoms with E-state index in [0.29, 0.717) is 41.2 Å². The molecule has 11 nitrogen and oxygen atoms in total. The minimum Gasteiger partial charge on any atom is -0.508 e. The Hall–Kier alpha value is -4.35. The van der Waals surface area contributed by atoms with E-state index in [2.05, 4.69) is 10.6 Å². The topological polar surface area (TPSA) is 199 Å². The first-order valence-electron chi connectivity index (χ1n) is 13.0. The van der Waals surface area contributed by atoms with Gasteiger partial charge in [0.15, 0.2) is 11.4 Å². The van der Waals surface area contributed by atoms with Crippen LogP contribution in [-0.2, 0) is 20.8 Å². The lowest BCUT2D eigenvalue weighted by atomic mass is 9.59. The van der Waals surface area contributed by atoms with E-state index >= 15 is 0 Å². The van der Waals surface area contributed by atoms with E-state index in [1.165, 1.54) is 6.07 Å². The van der Waals surface area contributed by atoms with E-state index in [0.717, 1.165) is 0 Å². The second-order valence-electron chi connectivity index (χ2n) is 10.4. The number of phenols is 1. The molecule has 41 heavy (non-hydrogen) atoms. The van der Waals surface area contributed by atoms with Crippen molar-refractivity contribution in [2.75, 3.05) is 17.7 Å². The molecule has 5 rings (SSSR count). The van der Waals surface area contributed by atoms with E-state index in [-0.39, 0.29) is 42.2 Å². The number of rotatable bonds is 6. The lowest BCUT2D eigenvalue weighted by molar-refractivity contribution is -0.147. The fraction of sp³-hybridized carbons (Fsp3) is 0.310. The molecule has 0 spiro atoms. The van der Waals surface area contributed by atoms with Gasteiger partial charge in [-0.05, 0) is 60.1 Å². The predicted molar refractivity (Wildman–Crippen MR) is 149 cm³/mol. The van der Waals surface area contributed by atoms with E-state index in [9.17, 15) is 39.6 Å². The molecule has 12 heteroatoms. The highest BCUT2D eigenvalue weighted by Crippen LogP contribution is 2.53. The van der Waals surface area contributed by atoms with Crippen molar-refractivity contribution in [3.8, 4) is 16.9 Å². The average Bonchev–Trinajstić information content (AvgIpc) is 2.91. The van der Waals surface area contributed by atoms with Crippen molar-refractivity contribution in [3.63, 3.8) is 0 Å². The normalized spacial score (nSPS) is 23.5. The number of nitrogens with one attached hydrogen (secondary N) is 2. The number of carbonyl (C=O) groups excluding carboxylic acids is 4. The van der Waals surface area contributed by atoms with Crippen LogP contribution in [0.3, 0.4) is 0 Å². The molecule has 0 radical (unpaired) electrons. The maximum Gasteiger partial charge on any atom is 0.319 e. The van der Waals surface area contributed by atoms with Crippen molar-refractivity contribution < 1.29 is 39.6 Å². The van der Waals surface area contributed by atoms with Gasteiger partial charge in [0.1, 0.15) is 22.8 Å². The van der Waals surface area contributed by atoms with Crippen LogP contribution >= 0.6 is 11.6 Å². The van der Waals surface area contributed by atoms with Gasteiger partial charge >= 0.3 is 6.03 Å². The molecule has 8 N–H and O–H groups in total. The maximum atomic E-state index is 13.6. The number of aliphatic hydroxyl groups is 3. The zero-order chi connectivity index (χ0) is 29.6. The first kappa shape index (κ1) is 28.2.